The summed E-state index contributed by atoms with van der Waals surface area (Å²) in [5.41, 5.74) is 7.02. The number of aromatic nitrogens is 1. The Balaban J connectivity index is 1.49. The van der Waals surface area contributed by atoms with E-state index in [2.05, 4.69) is 35.4 Å². The molecule has 0 aliphatic carbocycles. The van der Waals surface area contributed by atoms with E-state index in [1.807, 2.05) is 76.4 Å². The zero-order valence-corrected chi connectivity index (χ0v) is 31.5. The number of methoxy groups -OCH3 is 2. The lowest BCUT2D eigenvalue weighted by atomic mass is 9.87. The fourth-order valence-corrected chi connectivity index (χ4v) is 6.41. The summed E-state index contributed by atoms with van der Waals surface area (Å²) >= 11 is 12.6. The fourth-order valence-electron chi connectivity index (χ4n) is 5.71. The van der Waals surface area contributed by atoms with Crippen molar-refractivity contribution >= 4 is 29.3 Å². The molecule has 0 spiro atoms. The minimum atomic E-state index is -0.593. The molecule has 0 fully saturated rings. The summed E-state index contributed by atoms with van der Waals surface area (Å²) in [6.07, 6.45) is 3.85. The van der Waals surface area contributed by atoms with Crippen molar-refractivity contribution in [3.8, 4) is 28.5 Å². The van der Waals surface area contributed by atoms with Crippen molar-refractivity contribution in [2.75, 3.05) is 40.6 Å². The molecule has 3 aromatic carbocycles. The zero-order valence-electron chi connectivity index (χ0n) is 30.0. The van der Waals surface area contributed by atoms with Crippen molar-refractivity contribution in [1.82, 2.24) is 10.3 Å². The number of benzene rings is 3. The van der Waals surface area contributed by atoms with E-state index in [0.717, 1.165) is 57.5 Å². The Bertz CT molecular complexity index is 1700. The molecule has 1 aromatic heterocycles. The first kappa shape index (κ1) is 38.8. The molecule has 0 saturated heterocycles. The average molecular weight is 724 g/mol. The topological polar surface area (TPSA) is 88.1 Å². The van der Waals surface area contributed by atoms with Crippen molar-refractivity contribution in [1.29, 1.82) is 0 Å². The van der Waals surface area contributed by atoms with Crippen LogP contribution in [0.1, 0.15) is 60.9 Å². The molecule has 1 heterocycles. The second-order valence-corrected chi connectivity index (χ2v) is 14.0. The van der Waals surface area contributed by atoms with E-state index < -0.39 is 11.7 Å². The third kappa shape index (κ3) is 11.5. The molecule has 4 rings (SSSR count). The quantitative estimate of drug-likeness (QED) is 0.115. The molecule has 1 N–H and O–H groups in total. The van der Waals surface area contributed by atoms with Crippen LogP contribution < -0.4 is 19.5 Å². The van der Waals surface area contributed by atoms with Crippen molar-refractivity contribution in [2.45, 2.75) is 65.4 Å². The summed E-state index contributed by atoms with van der Waals surface area (Å²) < 4.78 is 28.0. The number of hydrogen-bond acceptors (Lipinski definition) is 7. The van der Waals surface area contributed by atoms with Gasteiger partial charge in [0.1, 0.15) is 24.6 Å². The number of ether oxygens (including phenoxy) is 5. The van der Waals surface area contributed by atoms with E-state index in [9.17, 15) is 4.79 Å². The van der Waals surface area contributed by atoms with E-state index >= 15 is 0 Å². The summed E-state index contributed by atoms with van der Waals surface area (Å²) in [7, 11) is 3.34. The lowest BCUT2D eigenvalue weighted by Gasteiger charge is -2.24. The molecule has 0 aliphatic rings. The molecule has 1 unspecified atom stereocenters. The molecular weight excluding hydrogens is 675 g/mol. The van der Waals surface area contributed by atoms with Crippen molar-refractivity contribution in [3.63, 3.8) is 0 Å². The van der Waals surface area contributed by atoms with E-state index in [1.165, 1.54) is 0 Å². The molecule has 8 nitrogen and oxygen atoms in total. The van der Waals surface area contributed by atoms with Crippen LogP contribution in [0.15, 0.2) is 66.9 Å². The Labute approximate surface area is 306 Å². The normalized spacial score (nSPS) is 11.9. The van der Waals surface area contributed by atoms with Gasteiger partial charge in [-0.2, -0.15) is 0 Å². The van der Waals surface area contributed by atoms with Gasteiger partial charge in [-0.3, -0.25) is 0 Å². The molecular formula is C40H48Cl2N2O6. The number of carbonyl (C=O) groups excluding carboxylic acids is 1. The van der Waals surface area contributed by atoms with Crippen LogP contribution in [-0.4, -0.2) is 57.3 Å². The van der Waals surface area contributed by atoms with Gasteiger partial charge >= 0.3 is 6.09 Å². The van der Waals surface area contributed by atoms with Gasteiger partial charge in [0.2, 0.25) is 5.88 Å². The number of amides is 1. The molecule has 4 aromatic rings. The number of hydrogen-bond donors (Lipinski definition) is 1. The monoisotopic (exact) mass is 722 g/mol. The maximum Gasteiger partial charge on any atom is 0.407 e. The predicted octanol–water partition coefficient (Wildman–Crippen LogP) is 9.57. The molecule has 1 atom stereocenters. The van der Waals surface area contributed by atoms with Gasteiger partial charge in [-0.25, -0.2) is 9.78 Å². The van der Waals surface area contributed by atoms with Gasteiger partial charge in [-0.05, 0) is 112 Å². The number of aryl methyl sites for hydroxylation is 3. The highest BCUT2D eigenvalue weighted by Crippen LogP contribution is 2.34. The van der Waals surface area contributed by atoms with Gasteiger partial charge < -0.3 is 29.0 Å². The van der Waals surface area contributed by atoms with Crippen LogP contribution in [0.4, 0.5) is 4.79 Å². The Morgan fingerprint density at radius 1 is 0.900 bits per heavy atom. The zero-order chi connectivity index (χ0) is 36.3. The first-order valence-electron chi connectivity index (χ1n) is 16.8. The molecule has 0 saturated carbocycles. The first-order valence-corrected chi connectivity index (χ1v) is 17.5. The number of rotatable bonds is 16. The smallest absolute Gasteiger partial charge is 0.407 e. The van der Waals surface area contributed by atoms with Crippen LogP contribution in [0, 0.1) is 13.8 Å². The SMILES string of the molecule is COCCCc1cc(OC)ncc1-c1ccc(C(CNC(=O)OC(C)(C)C)Cc2ccc(OCCOc3c(Cl)cc(C)cc3Cl)cc2)c(C)c1. The molecule has 0 bridgehead atoms. The minimum Gasteiger partial charge on any atom is -0.490 e. The van der Waals surface area contributed by atoms with Gasteiger partial charge in [0.05, 0.1) is 17.2 Å². The molecule has 268 valence electrons. The second-order valence-electron chi connectivity index (χ2n) is 13.2. The van der Waals surface area contributed by atoms with E-state index in [0.29, 0.717) is 54.5 Å². The number of nitrogens with zero attached hydrogens (tertiary/aromatic N) is 1. The summed E-state index contributed by atoms with van der Waals surface area (Å²) in [6, 6.07) is 20.1. The lowest BCUT2D eigenvalue weighted by Crippen LogP contribution is -2.35. The third-order valence-corrected chi connectivity index (χ3v) is 8.59. The second kappa shape index (κ2) is 18.3. The Hall–Kier alpha value is -3.98. The average Bonchev–Trinajstić information content (AvgIpc) is 3.06. The van der Waals surface area contributed by atoms with Crippen LogP contribution in [0.3, 0.4) is 0 Å². The minimum absolute atomic E-state index is 0.0177. The maximum atomic E-state index is 12.7. The first-order chi connectivity index (χ1) is 23.9. The Kier molecular flexibility index (Phi) is 14.2. The molecule has 0 radical (unpaired) electrons. The van der Waals surface area contributed by atoms with Crippen LogP contribution in [0.5, 0.6) is 17.4 Å². The van der Waals surface area contributed by atoms with Crippen molar-refractivity contribution < 1.29 is 28.5 Å². The number of pyridine rings is 1. The van der Waals surface area contributed by atoms with Gasteiger partial charge in [0, 0.05) is 44.0 Å². The highest BCUT2D eigenvalue weighted by Gasteiger charge is 2.21. The van der Waals surface area contributed by atoms with Gasteiger partial charge in [0.15, 0.2) is 5.75 Å². The molecule has 1 amide bonds. The van der Waals surface area contributed by atoms with Gasteiger partial charge in [-0.15, -0.1) is 0 Å². The van der Waals surface area contributed by atoms with Gasteiger partial charge in [-0.1, -0.05) is 53.5 Å². The third-order valence-electron chi connectivity index (χ3n) is 8.03. The highest BCUT2D eigenvalue weighted by molar-refractivity contribution is 6.37. The predicted molar refractivity (Wildman–Crippen MR) is 200 cm³/mol. The van der Waals surface area contributed by atoms with Crippen molar-refractivity contribution in [3.05, 3.63) is 105 Å². The summed E-state index contributed by atoms with van der Waals surface area (Å²) in [6.45, 7) is 11.3. The Morgan fingerprint density at radius 2 is 1.60 bits per heavy atom. The summed E-state index contributed by atoms with van der Waals surface area (Å²) in [5.74, 6) is 1.74. The van der Waals surface area contributed by atoms with Crippen LogP contribution in [0.2, 0.25) is 10.0 Å². The van der Waals surface area contributed by atoms with E-state index in [1.54, 1.807) is 14.2 Å². The van der Waals surface area contributed by atoms with Crippen molar-refractivity contribution in [2.24, 2.45) is 0 Å². The maximum absolute atomic E-state index is 12.7. The summed E-state index contributed by atoms with van der Waals surface area (Å²) in [4.78, 5) is 17.2. The number of alkyl carbamates (subject to hydrolysis) is 1. The van der Waals surface area contributed by atoms with Gasteiger partial charge in [0.25, 0.3) is 0 Å². The Morgan fingerprint density at radius 3 is 2.24 bits per heavy atom. The van der Waals surface area contributed by atoms with E-state index in [-0.39, 0.29) is 5.92 Å². The van der Waals surface area contributed by atoms with Crippen LogP contribution >= 0.6 is 23.2 Å². The van der Waals surface area contributed by atoms with Crippen LogP contribution in [0.25, 0.3) is 11.1 Å². The lowest BCUT2D eigenvalue weighted by molar-refractivity contribution is 0.0524. The standard InChI is InChI=1S/C40H48Cl2N2O6/c1-26-19-35(41)38(36(42)20-26)49-18-17-48-32-13-10-28(11-14-32)22-31(24-44-39(45)50-40(3,4)5)33-15-12-30(21-27(33)2)34-25-43-37(47-7)23-29(34)9-8-16-46-6/h10-15,19-21,23,25,31H,8-9,16-18,22,24H2,1-7H3,(H,44,45). The molecule has 50 heavy (non-hydrogen) atoms. The highest BCUT2D eigenvalue weighted by atomic mass is 35.5. The largest absolute Gasteiger partial charge is 0.490 e. The molecule has 10 heteroatoms. The number of carbonyl (C=O) groups is 1. The number of halogens is 2. The summed E-state index contributed by atoms with van der Waals surface area (Å²) in [5, 5.41) is 3.94. The van der Waals surface area contributed by atoms with E-state index in [4.69, 9.17) is 46.9 Å². The molecule has 0 aliphatic heterocycles. The fraction of sp³-hybridized carbons (Fsp3) is 0.400. The number of nitrogens with one attached hydrogen (secondary N) is 1. The van der Waals surface area contributed by atoms with Crippen LogP contribution in [-0.2, 0) is 22.3 Å².